The summed E-state index contributed by atoms with van der Waals surface area (Å²) in [6, 6.07) is -1.18. The van der Waals surface area contributed by atoms with Gasteiger partial charge in [-0.25, -0.2) is 0 Å². The third-order valence-corrected chi connectivity index (χ3v) is 1.15. The van der Waals surface area contributed by atoms with Crippen molar-refractivity contribution >= 4 is 5.69 Å². The van der Waals surface area contributed by atoms with E-state index in [0.29, 0.717) is 0 Å². The number of hydrogen-bond acceptors (Lipinski definition) is 3. The Kier molecular flexibility index (Phi) is 0.620. The SMILES string of the molecule is [2H]c1c([N+](=O)[O-])c(C([2H])([2H])[2H])c(C([2H])([2H])[2H])[n+](O)c1[2H]. The predicted octanol–water partition coefficient (Wildman–Crippen LogP) is 0.736. The van der Waals surface area contributed by atoms with Gasteiger partial charge in [-0.1, -0.05) is 0 Å². The number of nitro groups is 1. The predicted molar refractivity (Wildman–Crippen MR) is 39.9 cm³/mol. The molecule has 0 aliphatic carbocycles. The second-order valence-electron chi connectivity index (χ2n) is 1.88. The van der Waals surface area contributed by atoms with E-state index in [9.17, 15) is 15.3 Å². The molecule has 1 heterocycles. The van der Waals surface area contributed by atoms with Crippen LogP contribution in [0.1, 0.15) is 22.2 Å². The molecule has 5 nitrogen and oxygen atoms in total. The minimum absolute atomic E-state index is 0.329. The lowest BCUT2D eigenvalue weighted by Crippen LogP contribution is -2.34. The van der Waals surface area contributed by atoms with Gasteiger partial charge >= 0.3 is 0 Å². The first-order valence-electron chi connectivity index (χ1n) is 6.74. The molecule has 0 aliphatic rings. The molecule has 0 saturated carbocycles. The maximum atomic E-state index is 10.9. The van der Waals surface area contributed by atoms with Gasteiger partial charge in [0.15, 0.2) is 0 Å². The van der Waals surface area contributed by atoms with Crippen molar-refractivity contribution in [2.24, 2.45) is 0 Å². The van der Waals surface area contributed by atoms with E-state index in [1.807, 2.05) is 0 Å². The molecule has 0 aromatic carbocycles. The number of rotatable bonds is 1. The van der Waals surface area contributed by atoms with Gasteiger partial charge in [-0.3, -0.25) is 15.3 Å². The van der Waals surface area contributed by atoms with Gasteiger partial charge in [0.05, 0.1) is 17.9 Å². The van der Waals surface area contributed by atoms with Crippen molar-refractivity contribution in [1.29, 1.82) is 0 Å². The van der Waals surface area contributed by atoms with Crippen LogP contribution in [0.2, 0.25) is 0 Å². The van der Waals surface area contributed by atoms with Crippen LogP contribution in [0.15, 0.2) is 12.2 Å². The molecule has 64 valence electrons. The minimum Gasteiger partial charge on any atom is -0.285 e. The van der Waals surface area contributed by atoms with Crippen molar-refractivity contribution in [3.8, 4) is 0 Å². The highest BCUT2D eigenvalue weighted by Crippen LogP contribution is 2.16. The maximum Gasteiger partial charge on any atom is 0.284 e. The fraction of sp³-hybridized carbons (Fsp3) is 0.286. The van der Waals surface area contributed by atoms with Crippen molar-refractivity contribution in [3.63, 3.8) is 0 Å². The fourth-order valence-electron chi connectivity index (χ4n) is 0.579. The Morgan fingerprint density at radius 1 is 1.83 bits per heavy atom. The molecule has 0 saturated heterocycles. The van der Waals surface area contributed by atoms with Gasteiger partial charge in [0.25, 0.3) is 5.69 Å². The van der Waals surface area contributed by atoms with Crippen LogP contribution in [-0.2, 0) is 0 Å². The molecule has 1 rings (SSSR count). The molecule has 0 radical (unpaired) electrons. The third-order valence-electron chi connectivity index (χ3n) is 1.15. The van der Waals surface area contributed by atoms with Gasteiger partial charge < -0.3 is 0 Å². The summed E-state index contributed by atoms with van der Waals surface area (Å²) >= 11 is 0. The Balaban J connectivity index is 4.07. The van der Waals surface area contributed by atoms with E-state index in [0.717, 1.165) is 0 Å². The Hall–Kier alpha value is -1.65. The van der Waals surface area contributed by atoms with Crippen molar-refractivity contribution in [3.05, 3.63) is 33.6 Å². The fourth-order valence-corrected chi connectivity index (χ4v) is 0.579. The Labute approximate surface area is 80.2 Å². The Morgan fingerprint density at radius 3 is 3.08 bits per heavy atom. The quantitative estimate of drug-likeness (QED) is 0.298. The number of pyridine rings is 1. The van der Waals surface area contributed by atoms with Gasteiger partial charge in [-0.15, -0.1) is 0 Å². The third kappa shape index (κ3) is 1.20. The first-order chi connectivity index (χ1) is 8.80. The van der Waals surface area contributed by atoms with Crippen molar-refractivity contribution in [1.82, 2.24) is 0 Å². The first-order valence-corrected chi connectivity index (χ1v) is 2.74. The van der Waals surface area contributed by atoms with Crippen LogP contribution < -0.4 is 4.73 Å². The molecule has 0 unspecified atom stereocenters. The summed E-state index contributed by atoms with van der Waals surface area (Å²) in [5.74, 6) is 0. The average Bonchev–Trinajstić information content (AvgIpc) is 2.21. The summed E-state index contributed by atoms with van der Waals surface area (Å²) < 4.78 is 57.4. The highest BCUT2D eigenvalue weighted by atomic mass is 16.6. The smallest absolute Gasteiger partial charge is 0.284 e. The molecular formula is C7H9N2O3+. The van der Waals surface area contributed by atoms with Gasteiger partial charge in [0.1, 0.15) is 1.37 Å². The van der Waals surface area contributed by atoms with E-state index in [-0.39, 0.29) is 4.73 Å². The summed E-state index contributed by atoms with van der Waals surface area (Å²) in [6.07, 6.45) is -1.18. The second kappa shape index (κ2) is 2.77. The molecule has 1 aromatic heterocycles. The lowest BCUT2D eigenvalue weighted by Gasteiger charge is -1.95. The highest BCUT2D eigenvalue weighted by Gasteiger charge is 2.19. The molecular weight excluding hydrogens is 160 g/mol. The summed E-state index contributed by atoms with van der Waals surface area (Å²) in [7, 11) is 0. The molecule has 1 aromatic rings. The van der Waals surface area contributed by atoms with E-state index >= 15 is 0 Å². The first kappa shape index (κ1) is 2.69. The molecule has 0 atom stereocenters. The maximum absolute atomic E-state index is 10.9. The van der Waals surface area contributed by atoms with Gasteiger partial charge in [0.2, 0.25) is 11.9 Å². The van der Waals surface area contributed by atoms with Crippen LogP contribution in [0.5, 0.6) is 0 Å². The molecule has 0 bridgehead atoms. The summed E-state index contributed by atoms with van der Waals surface area (Å²) in [5.41, 5.74) is -3.87. The summed E-state index contributed by atoms with van der Waals surface area (Å²) in [5, 5.41) is 20.5. The molecule has 0 amide bonds. The Morgan fingerprint density at radius 2 is 2.58 bits per heavy atom. The molecule has 1 N–H and O–H groups in total. The van der Waals surface area contributed by atoms with E-state index in [4.69, 9.17) is 11.0 Å². The van der Waals surface area contributed by atoms with E-state index in [2.05, 4.69) is 0 Å². The lowest BCUT2D eigenvalue weighted by molar-refractivity contribution is -0.909. The van der Waals surface area contributed by atoms with Gasteiger partial charge in [-0.05, 0) is 6.85 Å². The van der Waals surface area contributed by atoms with E-state index in [1.54, 1.807) is 0 Å². The number of hydrogen-bond donors (Lipinski definition) is 1. The number of aromatic nitrogens is 1. The monoisotopic (exact) mass is 177 g/mol. The topological polar surface area (TPSA) is 67.2 Å². The summed E-state index contributed by atoms with van der Waals surface area (Å²) in [4.78, 5) is 9.66. The highest BCUT2D eigenvalue weighted by molar-refractivity contribution is 5.37. The zero-order valence-electron chi connectivity index (χ0n) is 13.7. The lowest BCUT2D eigenvalue weighted by atomic mass is 10.2. The van der Waals surface area contributed by atoms with Crippen LogP contribution in [0, 0.1) is 23.8 Å². The van der Waals surface area contributed by atoms with Crippen molar-refractivity contribution < 1.29 is 25.8 Å². The number of nitrogens with zero attached hydrogens (tertiary/aromatic N) is 2. The standard InChI is InChI=1S/C7H9N2O3/c1-5-6(2)8(10)4-3-7(5)9(11)12/h3-4,10H,1-2H3/q+1/i1D3,2D3,3D,4D. The zero-order chi connectivity index (χ0) is 16.0. The van der Waals surface area contributed by atoms with Gasteiger partial charge in [0, 0.05) is 19.8 Å². The van der Waals surface area contributed by atoms with Crippen LogP contribution >= 0.6 is 0 Å². The van der Waals surface area contributed by atoms with Crippen molar-refractivity contribution in [2.75, 3.05) is 0 Å². The molecule has 12 heavy (non-hydrogen) atoms. The molecule has 5 heteroatoms. The summed E-state index contributed by atoms with van der Waals surface area (Å²) in [6.45, 7) is -6.47. The van der Waals surface area contributed by atoms with Crippen LogP contribution in [0.3, 0.4) is 0 Å². The molecule has 0 spiro atoms. The normalized spacial score (nSPS) is 21.7. The Bertz CT molecular complexity index is 579. The second-order valence-corrected chi connectivity index (χ2v) is 1.88. The largest absolute Gasteiger partial charge is 0.285 e. The van der Waals surface area contributed by atoms with E-state index in [1.165, 1.54) is 0 Å². The van der Waals surface area contributed by atoms with Crippen LogP contribution in [0.25, 0.3) is 0 Å². The van der Waals surface area contributed by atoms with E-state index < -0.39 is 47.8 Å². The minimum atomic E-state index is -3.25. The zero-order valence-corrected chi connectivity index (χ0v) is 5.66. The van der Waals surface area contributed by atoms with Gasteiger partial charge in [-0.2, -0.15) is 0 Å². The van der Waals surface area contributed by atoms with Crippen LogP contribution in [-0.4, -0.2) is 10.1 Å². The van der Waals surface area contributed by atoms with Crippen molar-refractivity contribution in [2.45, 2.75) is 13.7 Å². The molecule has 0 fully saturated rings. The molecule has 0 aliphatic heterocycles. The average molecular weight is 177 g/mol. The van der Waals surface area contributed by atoms with Crippen LogP contribution in [0.4, 0.5) is 5.69 Å².